The summed E-state index contributed by atoms with van der Waals surface area (Å²) in [5, 5.41) is 4.81. The molecule has 3 aromatic heterocycles. The van der Waals surface area contributed by atoms with Crippen LogP contribution in [0, 0.1) is 0 Å². The van der Waals surface area contributed by atoms with Gasteiger partial charge in [0.2, 0.25) is 0 Å². The van der Waals surface area contributed by atoms with E-state index in [-0.39, 0.29) is 16.7 Å². The molecule has 10 heteroatoms. The van der Waals surface area contributed by atoms with Crippen LogP contribution in [0.15, 0.2) is 22.0 Å². The zero-order valence-electron chi connectivity index (χ0n) is 10.7. The number of nitrogens with one attached hydrogen (secondary N) is 1. The molecule has 0 fully saturated rings. The van der Waals surface area contributed by atoms with Gasteiger partial charge in [-0.3, -0.25) is 19.0 Å². The number of hydrogen-bond donors (Lipinski definition) is 1. The number of H-pyrrole nitrogens is 1. The molecule has 21 heavy (non-hydrogen) atoms. The van der Waals surface area contributed by atoms with E-state index in [1.165, 1.54) is 10.8 Å². The van der Waals surface area contributed by atoms with Crippen molar-refractivity contribution in [3.8, 4) is 0 Å². The Bertz CT molecular complexity index is 957. The molecule has 0 aromatic carbocycles. The fraction of sp³-hybridized carbons (Fsp3) is 0.182. The van der Waals surface area contributed by atoms with Crippen LogP contribution in [0.25, 0.3) is 11.0 Å². The van der Waals surface area contributed by atoms with Gasteiger partial charge in [-0.15, -0.1) is 0 Å². The van der Waals surface area contributed by atoms with Gasteiger partial charge in [0.05, 0.1) is 18.1 Å². The molecule has 1 N–H and O–H groups in total. The first kappa shape index (κ1) is 13.8. The van der Waals surface area contributed by atoms with Crippen molar-refractivity contribution in [2.45, 2.75) is 6.54 Å². The predicted molar refractivity (Wildman–Crippen MR) is 76.7 cm³/mol. The average molecular weight is 327 g/mol. The molecule has 0 saturated carbocycles. The van der Waals surface area contributed by atoms with E-state index in [0.717, 1.165) is 0 Å². The minimum atomic E-state index is -0.640. The minimum absolute atomic E-state index is 0.0240. The predicted octanol–water partition coefficient (Wildman–Crippen LogP) is 0.568. The molecular weight excluding hydrogens is 319 g/mol. The maximum Gasteiger partial charge on any atom is 0.328 e. The summed E-state index contributed by atoms with van der Waals surface area (Å²) in [6, 6.07) is 0. The van der Waals surface area contributed by atoms with Gasteiger partial charge < -0.3 is 0 Å². The molecule has 0 aliphatic heterocycles. The van der Waals surface area contributed by atoms with Crippen molar-refractivity contribution in [2.75, 3.05) is 0 Å². The summed E-state index contributed by atoms with van der Waals surface area (Å²) < 4.78 is 2.74. The van der Waals surface area contributed by atoms with Crippen LogP contribution in [0.3, 0.4) is 0 Å². The van der Waals surface area contributed by atoms with Gasteiger partial charge >= 0.3 is 5.69 Å². The van der Waals surface area contributed by atoms with Gasteiger partial charge in [-0.2, -0.15) is 5.10 Å². The SMILES string of the molecule is Cn1ncc2c(Cl)nc(Cn3cc(Cl)c(=O)[nH]c3=O)nc21. The molecule has 0 radical (unpaired) electrons. The van der Waals surface area contributed by atoms with Crippen LogP contribution in [0.1, 0.15) is 5.82 Å². The highest BCUT2D eigenvalue weighted by atomic mass is 35.5. The van der Waals surface area contributed by atoms with Crippen LogP contribution in [0.2, 0.25) is 10.2 Å². The first-order chi connectivity index (χ1) is 9.95. The Kier molecular flexibility index (Phi) is 3.26. The van der Waals surface area contributed by atoms with Gasteiger partial charge in [0.25, 0.3) is 5.56 Å². The lowest BCUT2D eigenvalue weighted by Crippen LogP contribution is -2.30. The Morgan fingerprint density at radius 2 is 2.05 bits per heavy atom. The topological polar surface area (TPSA) is 98.5 Å². The molecule has 0 aliphatic rings. The summed E-state index contributed by atoms with van der Waals surface area (Å²) in [5.74, 6) is 0.307. The van der Waals surface area contributed by atoms with Crippen LogP contribution < -0.4 is 11.2 Å². The average Bonchev–Trinajstić information content (AvgIpc) is 2.78. The summed E-state index contributed by atoms with van der Waals surface area (Å²) in [6.07, 6.45) is 2.79. The zero-order valence-corrected chi connectivity index (χ0v) is 12.2. The van der Waals surface area contributed by atoms with Gasteiger partial charge in [-0.1, -0.05) is 23.2 Å². The molecule has 3 rings (SSSR count). The number of aromatic nitrogens is 6. The van der Waals surface area contributed by atoms with E-state index in [1.807, 2.05) is 0 Å². The highest BCUT2D eigenvalue weighted by Gasteiger charge is 2.11. The summed E-state index contributed by atoms with van der Waals surface area (Å²) >= 11 is 11.8. The molecule has 8 nitrogen and oxygen atoms in total. The van der Waals surface area contributed by atoms with Crippen molar-refractivity contribution < 1.29 is 0 Å². The molecule has 0 atom stereocenters. The Morgan fingerprint density at radius 1 is 1.29 bits per heavy atom. The second-order valence-corrected chi connectivity index (χ2v) is 5.07. The quantitative estimate of drug-likeness (QED) is 0.694. The van der Waals surface area contributed by atoms with Crippen molar-refractivity contribution in [2.24, 2.45) is 7.05 Å². The number of rotatable bonds is 2. The number of halogens is 2. The highest BCUT2D eigenvalue weighted by Crippen LogP contribution is 2.19. The van der Waals surface area contributed by atoms with E-state index in [9.17, 15) is 9.59 Å². The van der Waals surface area contributed by atoms with E-state index in [2.05, 4.69) is 20.1 Å². The van der Waals surface area contributed by atoms with Gasteiger partial charge in [0.1, 0.15) is 10.2 Å². The number of fused-ring (bicyclic) bond motifs is 1. The summed E-state index contributed by atoms with van der Waals surface area (Å²) in [5.41, 5.74) is -0.693. The van der Waals surface area contributed by atoms with E-state index in [0.29, 0.717) is 16.9 Å². The molecule has 3 aromatic rings. The third kappa shape index (κ3) is 2.43. The van der Waals surface area contributed by atoms with Crippen LogP contribution >= 0.6 is 23.2 Å². The standard InChI is InChI=1S/C11H8Cl2N6O2/c1-18-9-5(2-14-18)8(13)15-7(16-9)4-19-3-6(12)10(20)17-11(19)21/h2-3H,4H2,1H3,(H,17,20,21). The fourth-order valence-corrected chi connectivity index (χ4v) is 2.25. The highest BCUT2D eigenvalue weighted by molar-refractivity contribution is 6.33. The Morgan fingerprint density at radius 3 is 2.81 bits per heavy atom. The van der Waals surface area contributed by atoms with Gasteiger partial charge in [-0.05, 0) is 0 Å². The molecule has 0 unspecified atom stereocenters. The lowest BCUT2D eigenvalue weighted by molar-refractivity contribution is 0.684. The lowest BCUT2D eigenvalue weighted by Gasteiger charge is -2.05. The van der Waals surface area contributed by atoms with E-state index in [4.69, 9.17) is 23.2 Å². The maximum atomic E-state index is 11.7. The van der Waals surface area contributed by atoms with Gasteiger partial charge in [0.15, 0.2) is 11.5 Å². The normalized spacial score (nSPS) is 11.2. The molecule has 0 bridgehead atoms. The van der Waals surface area contributed by atoms with Gasteiger partial charge in [-0.25, -0.2) is 14.8 Å². The molecule has 108 valence electrons. The maximum absolute atomic E-state index is 11.7. The minimum Gasteiger partial charge on any atom is -0.291 e. The van der Waals surface area contributed by atoms with Crippen LogP contribution in [0.4, 0.5) is 0 Å². The molecular formula is C11H8Cl2N6O2. The van der Waals surface area contributed by atoms with Crippen LogP contribution in [0.5, 0.6) is 0 Å². The van der Waals surface area contributed by atoms with Crippen molar-refractivity contribution in [3.63, 3.8) is 0 Å². The molecule has 0 aliphatic carbocycles. The smallest absolute Gasteiger partial charge is 0.291 e. The Hall–Kier alpha value is -2.19. The van der Waals surface area contributed by atoms with Crippen LogP contribution in [-0.2, 0) is 13.6 Å². The largest absolute Gasteiger partial charge is 0.328 e. The third-order valence-corrected chi connectivity index (χ3v) is 3.43. The lowest BCUT2D eigenvalue weighted by atomic mass is 10.4. The zero-order chi connectivity index (χ0) is 15.1. The summed E-state index contributed by atoms with van der Waals surface area (Å²) in [4.78, 5) is 33.4. The second-order valence-electron chi connectivity index (χ2n) is 4.30. The monoisotopic (exact) mass is 326 g/mol. The number of nitrogens with zero attached hydrogens (tertiary/aromatic N) is 5. The van der Waals surface area contributed by atoms with Crippen molar-refractivity contribution in [1.29, 1.82) is 0 Å². The van der Waals surface area contributed by atoms with Crippen molar-refractivity contribution in [1.82, 2.24) is 29.3 Å². The first-order valence-electron chi connectivity index (χ1n) is 5.79. The van der Waals surface area contributed by atoms with Crippen LogP contribution in [-0.4, -0.2) is 29.3 Å². The summed E-state index contributed by atoms with van der Waals surface area (Å²) in [7, 11) is 1.72. The number of aryl methyl sites for hydroxylation is 1. The first-order valence-corrected chi connectivity index (χ1v) is 6.54. The molecule has 0 spiro atoms. The van der Waals surface area contributed by atoms with E-state index < -0.39 is 11.2 Å². The van der Waals surface area contributed by atoms with E-state index in [1.54, 1.807) is 17.9 Å². The van der Waals surface area contributed by atoms with Crippen molar-refractivity contribution >= 4 is 34.2 Å². The Labute approximate surface area is 127 Å². The van der Waals surface area contributed by atoms with E-state index >= 15 is 0 Å². The van der Waals surface area contributed by atoms with Gasteiger partial charge in [0, 0.05) is 13.2 Å². The molecule has 0 saturated heterocycles. The molecule has 0 amide bonds. The van der Waals surface area contributed by atoms with Crippen molar-refractivity contribution in [3.05, 3.63) is 49.2 Å². The fourth-order valence-electron chi connectivity index (χ4n) is 1.85. The second kappa shape index (κ2) is 4.97. The number of hydrogen-bond acceptors (Lipinski definition) is 5. The number of aromatic amines is 1. The Balaban J connectivity index is 2.10. The third-order valence-electron chi connectivity index (χ3n) is 2.87. The summed E-state index contributed by atoms with van der Waals surface area (Å²) in [6.45, 7) is 0.0240. The molecule has 3 heterocycles.